The fraction of sp³-hybridized carbons (Fsp3) is 0.700. The van der Waals surface area contributed by atoms with Crippen molar-refractivity contribution in [2.24, 2.45) is 0 Å². The molecule has 0 aliphatic heterocycles. The lowest BCUT2D eigenvalue weighted by Crippen LogP contribution is -2.35. The first-order valence-corrected chi connectivity index (χ1v) is 8.21. The summed E-state index contributed by atoms with van der Waals surface area (Å²) in [6.45, 7) is 2.99. The molecule has 0 unspecified atom stereocenters. The molecule has 0 aliphatic carbocycles. The first-order chi connectivity index (χ1) is 8.56. The number of hydrogen-bond acceptors (Lipinski definition) is 4. The second kappa shape index (κ2) is 7.22. The lowest BCUT2D eigenvalue weighted by atomic mass is 10.5. The van der Waals surface area contributed by atoms with Crippen molar-refractivity contribution >= 4 is 26.0 Å². The van der Waals surface area contributed by atoms with Gasteiger partial charge in [-0.2, -0.15) is 4.31 Å². The minimum Gasteiger partial charge on any atom is -0.383 e. The van der Waals surface area contributed by atoms with Crippen LogP contribution in [0.4, 0.5) is 0 Å². The Labute approximate surface area is 116 Å². The standard InChI is InChI=1S/C10H18BrN3O3S/c1-3-9-12-8-10(13-9)18(15,16)14(5-4-11)6-7-17-2/h8H,3-7H2,1-2H3,(H,12,13). The molecule has 0 spiro atoms. The predicted molar refractivity (Wildman–Crippen MR) is 72.4 cm³/mol. The van der Waals surface area contributed by atoms with Gasteiger partial charge in [0.1, 0.15) is 5.82 Å². The van der Waals surface area contributed by atoms with Crippen molar-refractivity contribution in [1.29, 1.82) is 0 Å². The maximum absolute atomic E-state index is 12.3. The third-order valence-corrected chi connectivity index (χ3v) is 4.60. The Balaban J connectivity index is 2.92. The Morgan fingerprint density at radius 2 is 2.22 bits per heavy atom. The quantitative estimate of drug-likeness (QED) is 0.717. The summed E-state index contributed by atoms with van der Waals surface area (Å²) in [7, 11) is -1.97. The van der Waals surface area contributed by atoms with E-state index in [1.807, 2.05) is 6.92 Å². The summed E-state index contributed by atoms with van der Waals surface area (Å²) in [5, 5.41) is 0.710. The van der Waals surface area contributed by atoms with Crippen molar-refractivity contribution in [1.82, 2.24) is 14.3 Å². The molecule has 18 heavy (non-hydrogen) atoms. The fourth-order valence-corrected chi connectivity index (χ4v) is 3.45. The Morgan fingerprint density at radius 1 is 1.50 bits per heavy atom. The molecule has 0 atom stereocenters. The molecule has 8 heteroatoms. The third-order valence-electron chi connectivity index (χ3n) is 2.44. The zero-order valence-electron chi connectivity index (χ0n) is 10.5. The van der Waals surface area contributed by atoms with Gasteiger partial charge in [-0.05, 0) is 0 Å². The van der Waals surface area contributed by atoms with Gasteiger partial charge in [-0.25, -0.2) is 13.4 Å². The number of methoxy groups -OCH3 is 1. The van der Waals surface area contributed by atoms with Crippen LogP contribution in [0.5, 0.6) is 0 Å². The smallest absolute Gasteiger partial charge is 0.260 e. The fourth-order valence-electron chi connectivity index (χ4n) is 1.43. The number of aromatic amines is 1. The average molecular weight is 340 g/mol. The third kappa shape index (κ3) is 3.78. The van der Waals surface area contributed by atoms with Crippen LogP contribution in [0.3, 0.4) is 0 Å². The number of rotatable bonds is 8. The molecule has 1 rings (SSSR count). The number of nitrogens with zero attached hydrogens (tertiary/aromatic N) is 2. The molecule has 0 aliphatic rings. The number of imidazole rings is 1. The average Bonchev–Trinajstić information content (AvgIpc) is 2.83. The van der Waals surface area contributed by atoms with Gasteiger partial charge in [-0.3, -0.25) is 0 Å². The van der Waals surface area contributed by atoms with Gasteiger partial charge in [0.2, 0.25) is 0 Å². The van der Waals surface area contributed by atoms with Crippen LogP contribution in [-0.4, -0.2) is 54.8 Å². The van der Waals surface area contributed by atoms with E-state index in [1.165, 1.54) is 10.5 Å². The molecule has 104 valence electrons. The highest BCUT2D eigenvalue weighted by Gasteiger charge is 2.25. The van der Waals surface area contributed by atoms with Gasteiger partial charge in [0.15, 0.2) is 5.03 Å². The van der Waals surface area contributed by atoms with Crippen molar-refractivity contribution in [3.8, 4) is 0 Å². The number of aryl methyl sites for hydroxylation is 1. The summed E-state index contributed by atoms with van der Waals surface area (Å²) in [6.07, 6.45) is 2.04. The molecule has 0 saturated carbocycles. The minimum absolute atomic E-state index is 0.136. The highest BCUT2D eigenvalue weighted by molar-refractivity contribution is 9.09. The highest BCUT2D eigenvalue weighted by atomic mass is 79.9. The Hall–Kier alpha value is -0.440. The second-order valence-electron chi connectivity index (χ2n) is 3.63. The maximum atomic E-state index is 12.3. The summed E-state index contributed by atoms with van der Waals surface area (Å²) >= 11 is 3.25. The molecule has 0 saturated heterocycles. The van der Waals surface area contributed by atoms with E-state index in [0.717, 1.165) is 0 Å². The van der Waals surface area contributed by atoms with E-state index in [-0.39, 0.29) is 5.03 Å². The molecule has 1 aromatic heterocycles. The largest absolute Gasteiger partial charge is 0.383 e. The number of alkyl halides is 1. The number of nitrogens with one attached hydrogen (secondary N) is 1. The maximum Gasteiger partial charge on any atom is 0.260 e. The lowest BCUT2D eigenvalue weighted by Gasteiger charge is -2.19. The highest BCUT2D eigenvalue weighted by Crippen LogP contribution is 2.13. The van der Waals surface area contributed by atoms with Crippen LogP contribution in [-0.2, 0) is 21.2 Å². The molecule has 1 N–H and O–H groups in total. The number of aromatic nitrogens is 2. The van der Waals surface area contributed by atoms with Crippen molar-refractivity contribution < 1.29 is 13.2 Å². The van der Waals surface area contributed by atoms with Gasteiger partial charge < -0.3 is 9.72 Å². The molecular formula is C10H18BrN3O3S. The Morgan fingerprint density at radius 3 is 2.72 bits per heavy atom. The normalized spacial score (nSPS) is 12.2. The summed E-state index contributed by atoms with van der Waals surface area (Å²) in [5.74, 6) is 0.666. The molecule has 0 bridgehead atoms. The molecule has 1 heterocycles. The number of halogens is 1. The summed E-state index contributed by atoms with van der Waals surface area (Å²) in [6, 6.07) is 0. The van der Waals surface area contributed by atoms with E-state index in [0.29, 0.717) is 37.3 Å². The molecule has 0 fully saturated rings. The van der Waals surface area contributed by atoms with Gasteiger partial charge in [-0.1, -0.05) is 22.9 Å². The van der Waals surface area contributed by atoms with Crippen LogP contribution >= 0.6 is 15.9 Å². The van der Waals surface area contributed by atoms with Crippen LogP contribution in [0.25, 0.3) is 0 Å². The van der Waals surface area contributed by atoms with Crippen molar-refractivity contribution in [2.75, 3.05) is 32.1 Å². The molecule has 0 aromatic carbocycles. The predicted octanol–water partition coefficient (Wildman–Crippen LogP) is 1.00. The van der Waals surface area contributed by atoms with E-state index >= 15 is 0 Å². The van der Waals surface area contributed by atoms with E-state index in [4.69, 9.17) is 4.74 Å². The van der Waals surface area contributed by atoms with Crippen LogP contribution in [0.1, 0.15) is 12.7 Å². The summed E-state index contributed by atoms with van der Waals surface area (Å²) in [5.41, 5.74) is 0. The van der Waals surface area contributed by atoms with Crippen molar-refractivity contribution in [3.05, 3.63) is 12.0 Å². The Kier molecular flexibility index (Phi) is 6.27. The molecule has 0 amide bonds. The first kappa shape index (κ1) is 15.6. The SMILES string of the molecule is CCc1ncc(S(=O)(=O)N(CCBr)CCOC)[nH]1. The Bertz CT molecular complexity index is 461. The van der Waals surface area contributed by atoms with Crippen LogP contribution in [0, 0.1) is 0 Å². The summed E-state index contributed by atoms with van der Waals surface area (Å²) in [4.78, 5) is 6.84. The summed E-state index contributed by atoms with van der Waals surface area (Å²) < 4.78 is 31.0. The van der Waals surface area contributed by atoms with Crippen LogP contribution < -0.4 is 0 Å². The van der Waals surface area contributed by atoms with E-state index in [9.17, 15) is 8.42 Å². The second-order valence-corrected chi connectivity index (χ2v) is 6.33. The van der Waals surface area contributed by atoms with Gasteiger partial charge in [-0.15, -0.1) is 0 Å². The van der Waals surface area contributed by atoms with Crippen molar-refractivity contribution in [3.63, 3.8) is 0 Å². The molecule has 0 radical (unpaired) electrons. The number of H-pyrrole nitrogens is 1. The number of ether oxygens (including phenoxy) is 1. The van der Waals surface area contributed by atoms with Crippen LogP contribution in [0.2, 0.25) is 0 Å². The van der Waals surface area contributed by atoms with Crippen molar-refractivity contribution in [2.45, 2.75) is 18.4 Å². The monoisotopic (exact) mass is 339 g/mol. The van der Waals surface area contributed by atoms with E-state index < -0.39 is 10.0 Å². The zero-order chi connectivity index (χ0) is 13.6. The van der Waals surface area contributed by atoms with Gasteiger partial charge in [0.05, 0.1) is 12.8 Å². The zero-order valence-corrected chi connectivity index (χ0v) is 12.9. The molecular weight excluding hydrogens is 322 g/mol. The lowest BCUT2D eigenvalue weighted by molar-refractivity contribution is 0.180. The molecule has 6 nitrogen and oxygen atoms in total. The van der Waals surface area contributed by atoms with E-state index in [1.54, 1.807) is 7.11 Å². The van der Waals surface area contributed by atoms with Gasteiger partial charge in [0.25, 0.3) is 10.0 Å². The minimum atomic E-state index is -3.52. The topological polar surface area (TPSA) is 75.3 Å². The van der Waals surface area contributed by atoms with Gasteiger partial charge >= 0.3 is 0 Å². The molecule has 1 aromatic rings. The number of hydrogen-bond donors (Lipinski definition) is 1. The van der Waals surface area contributed by atoms with Crippen LogP contribution in [0.15, 0.2) is 11.2 Å². The first-order valence-electron chi connectivity index (χ1n) is 5.65. The number of sulfonamides is 1. The van der Waals surface area contributed by atoms with Gasteiger partial charge in [0, 0.05) is 32.0 Å². The van der Waals surface area contributed by atoms with E-state index in [2.05, 4.69) is 25.9 Å².